The third-order valence-electron chi connectivity index (χ3n) is 5.36. The lowest BCUT2D eigenvalue weighted by Gasteiger charge is -2.70. The molecule has 2 bridgehead atoms. The van der Waals surface area contributed by atoms with Gasteiger partial charge in [-0.15, -0.1) is 0 Å². The van der Waals surface area contributed by atoms with Crippen LogP contribution in [0.25, 0.3) is 0 Å². The molecule has 0 spiro atoms. The second-order valence-electron chi connectivity index (χ2n) is 7.92. The number of amides is 2. The van der Waals surface area contributed by atoms with Gasteiger partial charge >= 0.3 is 0 Å². The first-order chi connectivity index (χ1) is 14.7. The lowest BCUT2D eigenvalue weighted by atomic mass is 9.44. The van der Waals surface area contributed by atoms with E-state index in [1.807, 2.05) is 0 Å². The summed E-state index contributed by atoms with van der Waals surface area (Å²) in [5, 5.41) is 6.56. The lowest BCUT2D eigenvalue weighted by Crippen LogP contribution is -2.84. The maximum absolute atomic E-state index is 13.4. The standard InChI is InChI=1S/C21H18Cl2FIN2O4/c22-14-3-1-12(5-16(14)24)30-7-18(28)26-20-9-21(10-20,11-20)27-19(29)8-31-13-2-4-15(23)17(25)6-13/h1-6H,7-11H2,(H,26,28)(H,27,29). The molecule has 2 aromatic rings. The highest BCUT2D eigenvalue weighted by Gasteiger charge is 2.69. The molecule has 0 heterocycles. The molecule has 2 aromatic carbocycles. The van der Waals surface area contributed by atoms with Gasteiger partial charge in [-0.05, 0) is 72.2 Å². The summed E-state index contributed by atoms with van der Waals surface area (Å²) < 4.78 is 25.1. The average molecular weight is 579 g/mol. The second kappa shape index (κ2) is 8.63. The van der Waals surface area contributed by atoms with Crippen LogP contribution >= 0.6 is 45.8 Å². The molecule has 0 saturated heterocycles. The van der Waals surface area contributed by atoms with Crippen molar-refractivity contribution in [3.63, 3.8) is 0 Å². The first-order valence-electron chi connectivity index (χ1n) is 9.45. The highest BCUT2D eigenvalue weighted by molar-refractivity contribution is 14.1. The van der Waals surface area contributed by atoms with Crippen molar-refractivity contribution >= 4 is 57.6 Å². The van der Waals surface area contributed by atoms with E-state index in [1.165, 1.54) is 12.1 Å². The summed E-state index contributed by atoms with van der Waals surface area (Å²) in [5.74, 6) is -0.306. The number of halogens is 4. The fraction of sp³-hybridized carbons (Fsp3) is 0.333. The molecular formula is C21H18Cl2FIN2O4. The fourth-order valence-electron chi connectivity index (χ4n) is 4.15. The van der Waals surface area contributed by atoms with Gasteiger partial charge in [0.05, 0.1) is 10.0 Å². The van der Waals surface area contributed by atoms with E-state index in [-0.39, 0.29) is 46.9 Å². The van der Waals surface area contributed by atoms with Gasteiger partial charge in [0.25, 0.3) is 11.8 Å². The zero-order chi connectivity index (χ0) is 22.2. The van der Waals surface area contributed by atoms with Gasteiger partial charge in [-0.25, -0.2) is 4.39 Å². The van der Waals surface area contributed by atoms with Crippen LogP contribution in [-0.4, -0.2) is 36.1 Å². The summed E-state index contributed by atoms with van der Waals surface area (Å²) in [4.78, 5) is 24.4. The molecule has 2 N–H and O–H groups in total. The molecule has 6 nitrogen and oxygen atoms in total. The van der Waals surface area contributed by atoms with Crippen molar-refractivity contribution in [1.82, 2.24) is 10.6 Å². The summed E-state index contributed by atoms with van der Waals surface area (Å²) in [6.45, 7) is -0.319. The average Bonchev–Trinajstić information content (AvgIpc) is 2.67. The van der Waals surface area contributed by atoms with Crippen LogP contribution < -0.4 is 20.1 Å². The molecule has 164 valence electrons. The van der Waals surface area contributed by atoms with E-state index < -0.39 is 5.82 Å². The van der Waals surface area contributed by atoms with E-state index in [0.29, 0.717) is 30.0 Å². The highest BCUT2D eigenvalue weighted by Crippen LogP contribution is 2.60. The Balaban J connectivity index is 1.17. The molecule has 31 heavy (non-hydrogen) atoms. The molecule has 0 aromatic heterocycles. The molecule has 10 heteroatoms. The van der Waals surface area contributed by atoms with Crippen molar-refractivity contribution < 1.29 is 23.5 Å². The zero-order valence-electron chi connectivity index (χ0n) is 16.1. The van der Waals surface area contributed by atoms with E-state index in [0.717, 1.165) is 9.64 Å². The van der Waals surface area contributed by atoms with Crippen LogP contribution in [0.1, 0.15) is 19.3 Å². The number of hydrogen-bond donors (Lipinski definition) is 2. The van der Waals surface area contributed by atoms with Gasteiger partial charge in [0, 0.05) is 20.7 Å². The van der Waals surface area contributed by atoms with E-state index >= 15 is 0 Å². The highest BCUT2D eigenvalue weighted by atomic mass is 127. The van der Waals surface area contributed by atoms with Gasteiger partial charge in [-0.3, -0.25) is 9.59 Å². The largest absolute Gasteiger partial charge is 0.484 e. The van der Waals surface area contributed by atoms with Crippen molar-refractivity contribution in [2.75, 3.05) is 13.2 Å². The minimum atomic E-state index is -0.605. The predicted octanol–water partition coefficient (Wildman–Crippen LogP) is 4.10. The van der Waals surface area contributed by atoms with Crippen molar-refractivity contribution in [3.8, 4) is 11.5 Å². The summed E-state index contributed by atoms with van der Waals surface area (Å²) >= 11 is 13.7. The number of hydrogen-bond acceptors (Lipinski definition) is 4. The normalized spacial score (nSPS) is 23.2. The summed E-state index contributed by atoms with van der Waals surface area (Å²) in [7, 11) is 0. The Morgan fingerprint density at radius 2 is 1.39 bits per heavy atom. The van der Waals surface area contributed by atoms with Crippen LogP contribution in [0.3, 0.4) is 0 Å². The number of carbonyl (C=O) groups excluding carboxylic acids is 2. The van der Waals surface area contributed by atoms with Gasteiger partial charge in [-0.1, -0.05) is 23.2 Å². The monoisotopic (exact) mass is 578 g/mol. The van der Waals surface area contributed by atoms with Crippen LogP contribution in [0.2, 0.25) is 10.0 Å². The van der Waals surface area contributed by atoms with E-state index in [9.17, 15) is 14.0 Å². The molecule has 3 aliphatic carbocycles. The zero-order valence-corrected chi connectivity index (χ0v) is 19.8. The number of benzene rings is 2. The van der Waals surface area contributed by atoms with Crippen molar-refractivity contribution in [1.29, 1.82) is 0 Å². The number of ether oxygens (including phenoxy) is 2. The van der Waals surface area contributed by atoms with Crippen LogP contribution in [0.5, 0.6) is 11.5 Å². The quantitative estimate of drug-likeness (QED) is 0.463. The minimum Gasteiger partial charge on any atom is -0.484 e. The minimum absolute atomic E-state index is 0.00802. The Morgan fingerprint density at radius 3 is 1.87 bits per heavy atom. The van der Waals surface area contributed by atoms with Crippen LogP contribution in [-0.2, 0) is 9.59 Å². The molecule has 0 atom stereocenters. The smallest absolute Gasteiger partial charge is 0.258 e. The molecule has 0 unspecified atom stereocenters. The Morgan fingerprint density at radius 1 is 0.903 bits per heavy atom. The lowest BCUT2D eigenvalue weighted by molar-refractivity contribution is -0.151. The third kappa shape index (κ3) is 5.01. The van der Waals surface area contributed by atoms with Gasteiger partial charge in [0.1, 0.15) is 17.3 Å². The maximum Gasteiger partial charge on any atom is 0.258 e. The molecule has 0 radical (unpaired) electrons. The van der Waals surface area contributed by atoms with Crippen LogP contribution in [0.4, 0.5) is 4.39 Å². The molecule has 5 rings (SSSR count). The molecule has 0 aliphatic heterocycles. The summed E-state index contributed by atoms with van der Waals surface area (Å²) in [5.41, 5.74) is -0.603. The molecule has 3 saturated carbocycles. The molecule has 2 amide bonds. The van der Waals surface area contributed by atoms with Gasteiger partial charge in [-0.2, -0.15) is 0 Å². The number of rotatable bonds is 8. The van der Waals surface area contributed by atoms with Crippen molar-refractivity contribution in [2.24, 2.45) is 0 Å². The molecular weight excluding hydrogens is 561 g/mol. The Kier molecular flexibility index (Phi) is 6.24. The SMILES string of the molecule is O=C(COc1ccc(Cl)c(F)c1)NC12CC(NC(=O)COc3ccc(Cl)c(I)c3)(C1)C2. The molecule has 3 fully saturated rings. The Hall–Kier alpha value is -1.78. The number of carbonyl (C=O) groups is 2. The Labute approximate surface area is 201 Å². The fourth-order valence-corrected chi connectivity index (χ4v) is 4.87. The Bertz CT molecular complexity index is 953. The van der Waals surface area contributed by atoms with Gasteiger partial charge < -0.3 is 20.1 Å². The first kappa shape index (κ1) is 22.4. The van der Waals surface area contributed by atoms with E-state index in [1.54, 1.807) is 18.2 Å². The summed E-state index contributed by atoms with van der Waals surface area (Å²) in [6, 6.07) is 9.20. The van der Waals surface area contributed by atoms with E-state index in [2.05, 4.69) is 33.2 Å². The third-order valence-corrected chi connectivity index (χ3v) is 7.21. The summed E-state index contributed by atoms with van der Waals surface area (Å²) in [6.07, 6.45) is 1.98. The van der Waals surface area contributed by atoms with Crippen LogP contribution in [0.15, 0.2) is 36.4 Å². The van der Waals surface area contributed by atoms with Gasteiger partial charge in [0.15, 0.2) is 13.2 Å². The number of nitrogens with one attached hydrogen (secondary N) is 2. The topological polar surface area (TPSA) is 76.7 Å². The van der Waals surface area contributed by atoms with Gasteiger partial charge in [0.2, 0.25) is 0 Å². The van der Waals surface area contributed by atoms with E-state index in [4.69, 9.17) is 32.7 Å². The predicted molar refractivity (Wildman–Crippen MR) is 122 cm³/mol. The molecule has 3 aliphatic rings. The van der Waals surface area contributed by atoms with Crippen molar-refractivity contribution in [2.45, 2.75) is 30.3 Å². The van der Waals surface area contributed by atoms with Crippen molar-refractivity contribution in [3.05, 3.63) is 55.8 Å². The van der Waals surface area contributed by atoms with Crippen LogP contribution in [0, 0.1) is 9.39 Å². The second-order valence-corrected chi connectivity index (χ2v) is 9.89. The first-order valence-corrected chi connectivity index (χ1v) is 11.3. The maximum atomic E-state index is 13.4.